The van der Waals surface area contributed by atoms with Gasteiger partial charge in [0.2, 0.25) is 5.95 Å². The highest BCUT2D eigenvalue weighted by Crippen LogP contribution is 2.02. The maximum absolute atomic E-state index is 12.3. The van der Waals surface area contributed by atoms with Crippen molar-refractivity contribution in [2.45, 2.75) is 0 Å². The van der Waals surface area contributed by atoms with Crippen molar-refractivity contribution in [2.75, 3.05) is 11.9 Å². The minimum absolute atomic E-state index is 0.386. The summed E-state index contributed by atoms with van der Waals surface area (Å²) in [5.41, 5.74) is 0. The number of nitrogens with zero attached hydrogens (tertiary/aromatic N) is 2. The maximum Gasteiger partial charge on any atom is 0.223 e. The molecule has 0 aliphatic carbocycles. The average Bonchev–Trinajstić information content (AvgIpc) is 2.03. The summed E-state index contributed by atoms with van der Waals surface area (Å²) in [7, 11) is 0. The topological polar surface area (TPSA) is 37.8 Å². The summed E-state index contributed by atoms with van der Waals surface area (Å²) in [6, 6.07) is 0. The fourth-order valence-corrected chi connectivity index (χ4v) is 0.719. The van der Waals surface area contributed by atoms with E-state index in [1.165, 1.54) is 0 Å². The summed E-state index contributed by atoms with van der Waals surface area (Å²) in [5.74, 6) is -0.0600. The largest absolute Gasteiger partial charge is 0.350 e. The molecular weight excluding hydrogens is 225 g/mol. The molecule has 0 spiro atoms. The average molecular weight is 232 g/mol. The van der Waals surface area contributed by atoms with Crippen molar-refractivity contribution in [3.05, 3.63) is 29.3 Å². The Balaban J connectivity index is 2.53. The van der Waals surface area contributed by atoms with Gasteiger partial charge in [-0.1, -0.05) is 22.5 Å². The van der Waals surface area contributed by atoms with Crippen LogP contribution in [-0.4, -0.2) is 16.5 Å². The van der Waals surface area contributed by atoms with Gasteiger partial charge >= 0.3 is 0 Å². The standard InChI is InChI=1S/C7H7BrFN3/c1-5(8)2-10-7-11-3-6(9)4-12-7/h3-4H,1-2H2,(H,10,11,12). The zero-order valence-electron chi connectivity index (χ0n) is 6.22. The molecular formula is C7H7BrFN3. The van der Waals surface area contributed by atoms with Crippen molar-refractivity contribution < 1.29 is 4.39 Å². The molecule has 0 saturated heterocycles. The third kappa shape index (κ3) is 2.96. The Morgan fingerprint density at radius 2 is 2.17 bits per heavy atom. The molecule has 0 aliphatic heterocycles. The van der Waals surface area contributed by atoms with E-state index in [1.54, 1.807) is 0 Å². The summed E-state index contributed by atoms with van der Waals surface area (Å²) < 4.78 is 13.1. The summed E-state index contributed by atoms with van der Waals surface area (Å²) in [5, 5.41) is 2.84. The SMILES string of the molecule is C=C(Br)CNc1ncc(F)cn1. The van der Waals surface area contributed by atoms with Crippen LogP contribution in [0, 0.1) is 5.82 Å². The zero-order valence-corrected chi connectivity index (χ0v) is 7.81. The van der Waals surface area contributed by atoms with Gasteiger partial charge in [-0.3, -0.25) is 0 Å². The molecule has 0 amide bonds. The highest BCUT2D eigenvalue weighted by molar-refractivity contribution is 9.11. The van der Waals surface area contributed by atoms with Crippen molar-refractivity contribution in [1.29, 1.82) is 0 Å². The molecule has 1 N–H and O–H groups in total. The Bertz CT molecular complexity index is 272. The first-order valence-electron chi connectivity index (χ1n) is 3.23. The molecule has 0 saturated carbocycles. The van der Waals surface area contributed by atoms with E-state index in [9.17, 15) is 4.39 Å². The maximum atomic E-state index is 12.3. The van der Waals surface area contributed by atoms with Crippen LogP contribution in [0.15, 0.2) is 23.5 Å². The molecule has 1 aromatic rings. The number of hydrogen-bond donors (Lipinski definition) is 1. The molecule has 64 valence electrons. The molecule has 0 fully saturated rings. The first kappa shape index (κ1) is 9.12. The van der Waals surface area contributed by atoms with Gasteiger partial charge in [0.25, 0.3) is 0 Å². The number of nitrogens with one attached hydrogen (secondary N) is 1. The Labute approximate surface area is 77.9 Å². The normalized spacial score (nSPS) is 9.50. The quantitative estimate of drug-likeness (QED) is 0.865. The van der Waals surface area contributed by atoms with Crippen LogP contribution in [0.25, 0.3) is 0 Å². The summed E-state index contributed by atoms with van der Waals surface area (Å²) in [4.78, 5) is 7.38. The van der Waals surface area contributed by atoms with E-state index in [0.29, 0.717) is 12.5 Å². The Kier molecular flexibility index (Phi) is 3.16. The Morgan fingerprint density at radius 1 is 1.58 bits per heavy atom. The Morgan fingerprint density at radius 3 is 2.67 bits per heavy atom. The van der Waals surface area contributed by atoms with Crippen LogP contribution in [0.5, 0.6) is 0 Å². The predicted molar refractivity (Wildman–Crippen MR) is 48.5 cm³/mol. The van der Waals surface area contributed by atoms with Crippen LogP contribution in [0.3, 0.4) is 0 Å². The van der Waals surface area contributed by atoms with Gasteiger partial charge in [0.15, 0.2) is 5.82 Å². The molecule has 0 bridgehead atoms. The lowest BCUT2D eigenvalue weighted by Gasteiger charge is -2.01. The number of halogens is 2. The lowest BCUT2D eigenvalue weighted by atomic mass is 10.6. The minimum Gasteiger partial charge on any atom is -0.350 e. The number of anilines is 1. The summed E-state index contributed by atoms with van der Waals surface area (Å²) >= 11 is 3.16. The van der Waals surface area contributed by atoms with Gasteiger partial charge in [-0.25, -0.2) is 14.4 Å². The van der Waals surface area contributed by atoms with Crippen molar-refractivity contribution >= 4 is 21.9 Å². The van der Waals surface area contributed by atoms with Gasteiger partial charge in [0.05, 0.1) is 12.4 Å². The highest BCUT2D eigenvalue weighted by Gasteiger charge is 1.95. The fourth-order valence-electron chi connectivity index (χ4n) is 0.579. The molecule has 5 heteroatoms. The Hall–Kier alpha value is -0.970. The second-order valence-electron chi connectivity index (χ2n) is 2.10. The van der Waals surface area contributed by atoms with Crippen LogP contribution in [0.2, 0.25) is 0 Å². The van der Waals surface area contributed by atoms with Crippen LogP contribution >= 0.6 is 15.9 Å². The zero-order chi connectivity index (χ0) is 8.97. The van der Waals surface area contributed by atoms with Crippen LogP contribution in [-0.2, 0) is 0 Å². The minimum atomic E-state index is -0.446. The number of hydrogen-bond acceptors (Lipinski definition) is 3. The summed E-state index contributed by atoms with van der Waals surface area (Å²) in [6.45, 7) is 4.13. The van der Waals surface area contributed by atoms with E-state index in [2.05, 4.69) is 37.8 Å². The van der Waals surface area contributed by atoms with Gasteiger partial charge in [-0.2, -0.15) is 0 Å². The van der Waals surface area contributed by atoms with Gasteiger partial charge < -0.3 is 5.32 Å². The predicted octanol–water partition coefficient (Wildman–Crippen LogP) is 1.94. The molecule has 0 aliphatic rings. The van der Waals surface area contributed by atoms with Gasteiger partial charge in [0.1, 0.15) is 0 Å². The third-order valence-electron chi connectivity index (χ3n) is 1.06. The van der Waals surface area contributed by atoms with Crippen molar-refractivity contribution in [2.24, 2.45) is 0 Å². The van der Waals surface area contributed by atoms with Crippen molar-refractivity contribution in [1.82, 2.24) is 9.97 Å². The lowest BCUT2D eigenvalue weighted by Crippen LogP contribution is -2.04. The van der Waals surface area contributed by atoms with E-state index >= 15 is 0 Å². The van der Waals surface area contributed by atoms with E-state index < -0.39 is 5.82 Å². The van der Waals surface area contributed by atoms with Crippen LogP contribution in [0.1, 0.15) is 0 Å². The van der Waals surface area contributed by atoms with Crippen molar-refractivity contribution in [3.8, 4) is 0 Å². The third-order valence-corrected chi connectivity index (χ3v) is 1.34. The van der Waals surface area contributed by atoms with E-state index in [1.807, 2.05) is 0 Å². The van der Waals surface area contributed by atoms with Crippen LogP contribution < -0.4 is 5.32 Å². The molecule has 0 atom stereocenters. The summed E-state index contributed by atoms with van der Waals surface area (Å²) in [6.07, 6.45) is 2.21. The smallest absolute Gasteiger partial charge is 0.223 e. The van der Waals surface area contributed by atoms with E-state index in [0.717, 1.165) is 16.9 Å². The van der Waals surface area contributed by atoms with E-state index in [4.69, 9.17) is 0 Å². The molecule has 1 heterocycles. The molecule has 3 nitrogen and oxygen atoms in total. The lowest BCUT2D eigenvalue weighted by molar-refractivity contribution is 0.614. The first-order valence-corrected chi connectivity index (χ1v) is 4.02. The molecule has 0 aromatic carbocycles. The molecule has 1 aromatic heterocycles. The first-order chi connectivity index (χ1) is 5.68. The molecule has 0 unspecified atom stereocenters. The molecule has 12 heavy (non-hydrogen) atoms. The second-order valence-corrected chi connectivity index (χ2v) is 3.22. The van der Waals surface area contributed by atoms with E-state index in [-0.39, 0.29) is 0 Å². The number of aromatic nitrogens is 2. The second kappa shape index (κ2) is 4.15. The van der Waals surface area contributed by atoms with Gasteiger partial charge in [0, 0.05) is 11.0 Å². The molecule has 1 rings (SSSR count). The van der Waals surface area contributed by atoms with Gasteiger partial charge in [-0.05, 0) is 0 Å². The van der Waals surface area contributed by atoms with Crippen LogP contribution in [0.4, 0.5) is 10.3 Å². The number of rotatable bonds is 3. The van der Waals surface area contributed by atoms with Gasteiger partial charge in [-0.15, -0.1) is 0 Å². The van der Waals surface area contributed by atoms with Crippen molar-refractivity contribution in [3.63, 3.8) is 0 Å². The highest BCUT2D eigenvalue weighted by atomic mass is 79.9. The monoisotopic (exact) mass is 231 g/mol. The molecule has 0 radical (unpaired) electrons. The fraction of sp³-hybridized carbons (Fsp3) is 0.143.